The molecule has 22 heavy (non-hydrogen) atoms. The number of hydrogen-bond donors (Lipinski definition) is 3. The van der Waals surface area contributed by atoms with Crippen molar-refractivity contribution in [3.63, 3.8) is 0 Å². The van der Waals surface area contributed by atoms with Crippen LogP contribution in [0, 0.1) is 0 Å². The molecule has 1 aromatic rings. The Morgan fingerprint density at radius 2 is 1.86 bits per heavy atom. The van der Waals surface area contributed by atoms with Crippen LogP contribution in [0.15, 0.2) is 30.3 Å². The molecule has 0 radical (unpaired) electrons. The van der Waals surface area contributed by atoms with Crippen LogP contribution in [0.5, 0.6) is 5.75 Å². The van der Waals surface area contributed by atoms with Crippen molar-refractivity contribution in [3.8, 4) is 5.75 Å². The maximum Gasteiger partial charge on any atom is 0.244 e. The second-order valence-corrected chi connectivity index (χ2v) is 4.93. The van der Waals surface area contributed by atoms with E-state index in [0.29, 0.717) is 0 Å². The number of carbonyl (C=O) groups is 2. The Morgan fingerprint density at radius 1 is 1.23 bits per heavy atom. The fraction of sp³-hybridized carbons (Fsp3) is 0.375. The van der Waals surface area contributed by atoms with E-state index < -0.39 is 6.04 Å². The molecule has 1 rings (SSSR count). The number of aliphatic hydroxyl groups excluding tert-OH is 1. The highest BCUT2D eigenvalue weighted by molar-refractivity contribution is 5.95. The summed E-state index contributed by atoms with van der Waals surface area (Å²) in [6.07, 6.45) is 3.01. The molecule has 0 aromatic heterocycles. The highest BCUT2D eigenvalue weighted by Gasteiger charge is 2.15. The van der Waals surface area contributed by atoms with E-state index in [0.717, 1.165) is 11.3 Å². The maximum absolute atomic E-state index is 11.8. The van der Waals surface area contributed by atoms with E-state index in [1.165, 1.54) is 6.08 Å². The van der Waals surface area contributed by atoms with Gasteiger partial charge in [-0.05, 0) is 37.6 Å². The summed E-state index contributed by atoms with van der Waals surface area (Å²) in [5.74, 6) is 0.0350. The van der Waals surface area contributed by atoms with Crippen LogP contribution in [0.4, 0.5) is 0 Å². The average molecular weight is 306 g/mol. The van der Waals surface area contributed by atoms with Crippen LogP contribution >= 0.6 is 0 Å². The van der Waals surface area contributed by atoms with Crippen LogP contribution in [0.1, 0.15) is 19.4 Å². The molecule has 2 atom stereocenters. The zero-order valence-corrected chi connectivity index (χ0v) is 13.0. The Labute approximate surface area is 130 Å². The van der Waals surface area contributed by atoms with E-state index >= 15 is 0 Å². The molecule has 3 N–H and O–H groups in total. The van der Waals surface area contributed by atoms with Crippen LogP contribution in [-0.4, -0.2) is 42.7 Å². The molecule has 0 spiro atoms. The molecule has 6 nitrogen and oxygen atoms in total. The number of nitrogens with one attached hydrogen (secondary N) is 2. The van der Waals surface area contributed by atoms with Crippen molar-refractivity contribution < 1.29 is 19.4 Å². The van der Waals surface area contributed by atoms with Crippen LogP contribution in [-0.2, 0) is 9.59 Å². The van der Waals surface area contributed by atoms with Crippen molar-refractivity contribution in [2.24, 2.45) is 0 Å². The number of benzene rings is 1. The first kappa shape index (κ1) is 17.7. The molecular weight excluding hydrogens is 284 g/mol. The van der Waals surface area contributed by atoms with Crippen molar-refractivity contribution in [3.05, 3.63) is 35.9 Å². The largest absolute Gasteiger partial charge is 0.497 e. The molecule has 0 saturated carbocycles. The van der Waals surface area contributed by atoms with Gasteiger partial charge in [-0.3, -0.25) is 9.59 Å². The molecule has 2 unspecified atom stereocenters. The molecule has 6 heteroatoms. The van der Waals surface area contributed by atoms with E-state index in [-0.39, 0.29) is 24.5 Å². The highest BCUT2D eigenvalue weighted by Crippen LogP contribution is 2.12. The summed E-state index contributed by atoms with van der Waals surface area (Å²) in [4.78, 5) is 23.5. The van der Waals surface area contributed by atoms with Crippen molar-refractivity contribution in [2.45, 2.75) is 25.9 Å². The molecule has 0 fully saturated rings. The number of hydrogen-bond acceptors (Lipinski definition) is 4. The average Bonchev–Trinajstić information content (AvgIpc) is 2.53. The second-order valence-electron chi connectivity index (χ2n) is 4.93. The van der Waals surface area contributed by atoms with E-state index in [2.05, 4.69) is 10.6 Å². The third-order valence-electron chi connectivity index (χ3n) is 2.96. The minimum absolute atomic E-state index is 0.149. The van der Waals surface area contributed by atoms with Crippen LogP contribution in [0.2, 0.25) is 0 Å². The van der Waals surface area contributed by atoms with Gasteiger partial charge in [-0.15, -0.1) is 0 Å². The van der Waals surface area contributed by atoms with Crippen molar-refractivity contribution in [1.29, 1.82) is 0 Å². The van der Waals surface area contributed by atoms with Gasteiger partial charge >= 0.3 is 0 Å². The summed E-state index contributed by atoms with van der Waals surface area (Å²) in [5, 5.41) is 14.0. The lowest BCUT2D eigenvalue weighted by atomic mass is 10.2. The van der Waals surface area contributed by atoms with Crippen molar-refractivity contribution in [2.75, 3.05) is 13.7 Å². The summed E-state index contributed by atoms with van der Waals surface area (Å²) < 4.78 is 5.05. The number of amides is 2. The molecule has 0 aliphatic heterocycles. The number of carbonyl (C=O) groups excluding carboxylic acids is 2. The third-order valence-corrected chi connectivity index (χ3v) is 2.96. The molecule has 0 heterocycles. The maximum atomic E-state index is 11.8. The fourth-order valence-corrected chi connectivity index (χ4v) is 1.63. The summed E-state index contributed by atoms with van der Waals surface area (Å²) >= 11 is 0. The molecular formula is C16H22N2O4. The quantitative estimate of drug-likeness (QED) is 0.647. The van der Waals surface area contributed by atoms with E-state index in [1.807, 2.05) is 12.1 Å². The van der Waals surface area contributed by atoms with Gasteiger partial charge in [0, 0.05) is 12.1 Å². The van der Waals surface area contributed by atoms with Crippen molar-refractivity contribution in [1.82, 2.24) is 10.6 Å². The Morgan fingerprint density at radius 3 is 2.41 bits per heavy atom. The first-order valence-electron chi connectivity index (χ1n) is 7.00. The molecule has 0 aliphatic carbocycles. The smallest absolute Gasteiger partial charge is 0.244 e. The SMILES string of the molecule is COc1ccc(/C=C/C(=O)NC(C)C(=O)NC(C)CO)cc1. The summed E-state index contributed by atoms with van der Waals surface area (Å²) in [6.45, 7) is 3.11. The van der Waals surface area contributed by atoms with Gasteiger partial charge < -0.3 is 20.5 Å². The molecule has 120 valence electrons. The van der Waals surface area contributed by atoms with Crippen LogP contribution < -0.4 is 15.4 Å². The number of ether oxygens (including phenoxy) is 1. The van der Waals surface area contributed by atoms with E-state index in [1.54, 1.807) is 39.2 Å². The van der Waals surface area contributed by atoms with Gasteiger partial charge in [-0.25, -0.2) is 0 Å². The van der Waals surface area contributed by atoms with Gasteiger partial charge in [0.25, 0.3) is 0 Å². The molecule has 0 saturated heterocycles. The lowest BCUT2D eigenvalue weighted by Crippen LogP contribution is -2.47. The van der Waals surface area contributed by atoms with E-state index in [9.17, 15) is 9.59 Å². The topological polar surface area (TPSA) is 87.7 Å². The molecule has 1 aromatic carbocycles. The van der Waals surface area contributed by atoms with Gasteiger partial charge in [-0.2, -0.15) is 0 Å². The predicted octanol–water partition coefficient (Wildman–Crippen LogP) is 0.710. The fourth-order valence-electron chi connectivity index (χ4n) is 1.63. The standard InChI is InChI=1S/C16H22N2O4/c1-11(10-19)17-16(21)12(2)18-15(20)9-6-13-4-7-14(22-3)8-5-13/h4-9,11-12,19H,10H2,1-3H3,(H,17,21)(H,18,20)/b9-6+. The summed E-state index contributed by atoms with van der Waals surface area (Å²) in [6, 6.07) is 6.21. The van der Waals surface area contributed by atoms with Crippen LogP contribution in [0.3, 0.4) is 0 Å². The van der Waals surface area contributed by atoms with E-state index in [4.69, 9.17) is 9.84 Å². The monoisotopic (exact) mass is 306 g/mol. The lowest BCUT2D eigenvalue weighted by Gasteiger charge is -2.16. The zero-order valence-electron chi connectivity index (χ0n) is 13.0. The Balaban J connectivity index is 2.50. The Kier molecular flexibility index (Phi) is 7.12. The Bertz CT molecular complexity index is 525. The minimum Gasteiger partial charge on any atom is -0.497 e. The predicted molar refractivity (Wildman–Crippen MR) is 84.3 cm³/mol. The normalized spacial score (nSPS) is 13.5. The van der Waals surface area contributed by atoms with Crippen LogP contribution in [0.25, 0.3) is 6.08 Å². The van der Waals surface area contributed by atoms with Gasteiger partial charge in [0.05, 0.1) is 13.7 Å². The molecule has 0 aliphatic rings. The molecule has 2 amide bonds. The zero-order chi connectivity index (χ0) is 16.5. The first-order chi connectivity index (χ1) is 10.5. The van der Waals surface area contributed by atoms with Gasteiger partial charge in [0.1, 0.15) is 11.8 Å². The minimum atomic E-state index is -0.679. The van der Waals surface area contributed by atoms with Crippen molar-refractivity contribution >= 4 is 17.9 Å². The summed E-state index contributed by atoms with van der Waals surface area (Å²) in [7, 11) is 1.59. The third kappa shape index (κ3) is 5.97. The molecule has 0 bridgehead atoms. The second kappa shape index (κ2) is 8.84. The van der Waals surface area contributed by atoms with Gasteiger partial charge in [0.15, 0.2) is 0 Å². The Hall–Kier alpha value is -2.34. The highest BCUT2D eigenvalue weighted by atomic mass is 16.5. The number of methoxy groups -OCH3 is 1. The number of aliphatic hydroxyl groups is 1. The first-order valence-corrected chi connectivity index (χ1v) is 7.00. The van der Waals surface area contributed by atoms with Gasteiger partial charge in [-0.1, -0.05) is 12.1 Å². The number of rotatable bonds is 7. The lowest BCUT2D eigenvalue weighted by molar-refractivity contribution is -0.127. The summed E-state index contributed by atoms with van der Waals surface area (Å²) in [5.41, 5.74) is 0.849. The van der Waals surface area contributed by atoms with Gasteiger partial charge in [0.2, 0.25) is 11.8 Å².